The van der Waals surface area contributed by atoms with E-state index >= 15 is 0 Å². The van der Waals surface area contributed by atoms with Gasteiger partial charge in [0.25, 0.3) is 5.91 Å². The van der Waals surface area contributed by atoms with Crippen molar-refractivity contribution < 1.29 is 14.3 Å². The van der Waals surface area contributed by atoms with Crippen molar-refractivity contribution in [2.24, 2.45) is 0 Å². The van der Waals surface area contributed by atoms with E-state index in [4.69, 9.17) is 9.47 Å². The summed E-state index contributed by atoms with van der Waals surface area (Å²) in [6.45, 7) is 0.373. The number of carbonyl (C=O) groups excluding carboxylic acids is 1. The molecule has 0 saturated heterocycles. The maximum atomic E-state index is 12.6. The van der Waals surface area contributed by atoms with E-state index in [1.807, 2.05) is 66.5 Å². The summed E-state index contributed by atoms with van der Waals surface area (Å²) in [6, 6.07) is 17.3. The molecule has 28 heavy (non-hydrogen) atoms. The van der Waals surface area contributed by atoms with Gasteiger partial charge in [0.2, 0.25) is 0 Å². The fraction of sp³-hybridized carbons (Fsp3) is 0.182. The molecule has 6 nitrogen and oxygen atoms in total. The first-order valence-electron chi connectivity index (χ1n) is 8.85. The number of amides is 1. The molecule has 144 valence electrons. The normalized spacial score (nSPS) is 10.2. The lowest BCUT2D eigenvalue weighted by atomic mass is 10.2. The molecule has 0 aliphatic heterocycles. The first kappa shape index (κ1) is 19.2. The summed E-state index contributed by atoms with van der Waals surface area (Å²) in [5, 5.41) is 2.92. The number of methoxy groups -OCH3 is 2. The minimum absolute atomic E-state index is 0.189. The topological polar surface area (TPSA) is 63.7 Å². The largest absolute Gasteiger partial charge is 0.493 e. The summed E-state index contributed by atoms with van der Waals surface area (Å²) in [6.07, 6.45) is 3.30. The second-order valence-corrected chi connectivity index (χ2v) is 6.20. The number of carbonyl (C=O) groups is 1. The van der Waals surface area contributed by atoms with Crippen LogP contribution in [0.25, 0.3) is 0 Å². The zero-order valence-electron chi connectivity index (χ0n) is 16.2. The molecule has 1 heterocycles. The van der Waals surface area contributed by atoms with Gasteiger partial charge in [0.1, 0.15) is 0 Å². The van der Waals surface area contributed by atoms with Crippen molar-refractivity contribution in [3.05, 3.63) is 78.1 Å². The minimum Gasteiger partial charge on any atom is -0.493 e. The summed E-state index contributed by atoms with van der Waals surface area (Å²) in [5.41, 5.74) is 3.27. The van der Waals surface area contributed by atoms with Gasteiger partial charge in [-0.25, -0.2) is 0 Å². The highest BCUT2D eigenvalue weighted by Crippen LogP contribution is 2.27. The van der Waals surface area contributed by atoms with Crippen LogP contribution < -0.4 is 19.7 Å². The smallest absolute Gasteiger partial charge is 0.253 e. The Bertz CT molecular complexity index is 945. The van der Waals surface area contributed by atoms with Gasteiger partial charge in [0, 0.05) is 25.5 Å². The number of benzene rings is 2. The number of anilines is 2. The molecule has 0 saturated carbocycles. The summed E-state index contributed by atoms with van der Waals surface area (Å²) in [7, 11) is 5.12. The van der Waals surface area contributed by atoms with Crippen molar-refractivity contribution in [3.8, 4) is 11.5 Å². The molecule has 0 unspecified atom stereocenters. The van der Waals surface area contributed by atoms with Crippen molar-refractivity contribution in [1.29, 1.82) is 0 Å². The molecule has 3 rings (SSSR count). The second-order valence-electron chi connectivity index (χ2n) is 6.20. The van der Waals surface area contributed by atoms with Crippen LogP contribution in [-0.2, 0) is 6.54 Å². The molecular formula is C22H23N3O3. The molecule has 0 bridgehead atoms. The summed E-state index contributed by atoms with van der Waals surface area (Å²) in [5.74, 6) is 1.09. The van der Waals surface area contributed by atoms with E-state index in [-0.39, 0.29) is 5.91 Å². The molecular weight excluding hydrogens is 354 g/mol. The molecule has 0 spiro atoms. The van der Waals surface area contributed by atoms with E-state index < -0.39 is 0 Å². The zero-order valence-corrected chi connectivity index (χ0v) is 16.2. The van der Waals surface area contributed by atoms with Crippen molar-refractivity contribution in [2.45, 2.75) is 6.54 Å². The monoisotopic (exact) mass is 377 g/mol. The molecule has 3 aromatic rings. The van der Waals surface area contributed by atoms with Crippen LogP contribution in [0.5, 0.6) is 11.5 Å². The third-order valence-corrected chi connectivity index (χ3v) is 4.42. The van der Waals surface area contributed by atoms with Crippen LogP contribution >= 0.6 is 0 Å². The highest BCUT2D eigenvalue weighted by Gasteiger charge is 2.11. The summed E-state index contributed by atoms with van der Waals surface area (Å²) >= 11 is 0. The average Bonchev–Trinajstić information content (AvgIpc) is 2.77. The number of ether oxygens (including phenoxy) is 2. The fourth-order valence-corrected chi connectivity index (χ4v) is 2.81. The number of para-hydroxylation sites is 1. The van der Waals surface area contributed by atoms with Gasteiger partial charge >= 0.3 is 0 Å². The second kappa shape index (κ2) is 8.90. The highest BCUT2D eigenvalue weighted by atomic mass is 16.5. The number of pyridine rings is 1. The van der Waals surface area contributed by atoms with E-state index in [2.05, 4.69) is 10.3 Å². The van der Waals surface area contributed by atoms with Crippen molar-refractivity contribution in [1.82, 2.24) is 10.3 Å². The van der Waals surface area contributed by atoms with Gasteiger partial charge in [0.05, 0.1) is 31.7 Å². The molecule has 1 N–H and O–H groups in total. The van der Waals surface area contributed by atoms with Gasteiger partial charge in [-0.05, 0) is 35.9 Å². The van der Waals surface area contributed by atoms with Crippen LogP contribution in [0.2, 0.25) is 0 Å². The number of hydrogen-bond acceptors (Lipinski definition) is 5. The third kappa shape index (κ3) is 4.40. The van der Waals surface area contributed by atoms with Gasteiger partial charge in [-0.1, -0.05) is 24.3 Å². The van der Waals surface area contributed by atoms with Crippen LogP contribution in [0.4, 0.5) is 11.4 Å². The predicted molar refractivity (Wildman–Crippen MR) is 109 cm³/mol. The predicted octanol–water partition coefficient (Wildman–Crippen LogP) is 3.80. The Hall–Kier alpha value is -3.54. The van der Waals surface area contributed by atoms with E-state index in [1.54, 1.807) is 26.6 Å². The van der Waals surface area contributed by atoms with Crippen LogP contribution in [0.1, 0.15) is 15.9 Å². The first-order chi connectivity index (χ1) is 13.6. The van der Waals surface area contributed by atoms with Gasteiger partial charge < -0.3 is 19.7 Å². The third-order valence-electron chi connectivity index (χ3n) is 4.42. The Kier molecular flexibility index (Phi) is 6.11. The van der Waals surface area contributed by atoms with Gasteiger partial charge in [-0.3, -0.25) is 9.78 Å². The van der Waals surface area contributed by atoms with E-state index in [9.17, 15) is 4.79 Å². The Morgan fingerprint density at radius 3 is 2.43 bits per heavy atom. The number of rotatable bonds is 7. The van der Waals surface area contributed by atoms with Crippen LogP contribution in [-0.4, -0.2) is 32.2 Å². The molecule has 0 radical (unpaired) electrons. The van der Waals surface area contributed by atoms with Gasteiger partial charge in [-0.2, -0.15) is 0 Å². The zero-order chi connectivity index (χ0) is 19.9. The summed E-state index contributed by atoms with van der Waals surface area (Å²) < 4.78 is 10.5. The molecule has 0 aliphatic carbocycles. The quantitative estimate of drug-likeness (QED) is 0.679. The lowest BCUT2D eigenvalue weighted by Gasteiger charge is -2.19. The van der Waals surface area contributed by atoms with Gasteiger partial charge in [-0.15, -0.1) is 0 Å². The van der Waals surface area contributed by atoms with E-state index in [0.717, 1.165) is 16.9 Å². The van der Waals surface area contributed by atoms with Crippen molar-refractivity contribution in [2.75, 3.05) is 26.2 Å². The summed E-state index contributed by atoms with van der Waals surface area (Å²) in [4.78, 5) is 18.8. The van der Waals surface area contributed by atoms with Crippen LogP contribution in [0.15, 0.2) is 67.0 Å². The van der Waals surface area contributed by atoms with Crippen LogP contribution in [0, 0.1) is 0 Å². The Balaban J connectivity index is 1.70. The lowest BCUT2D eigenvalue weighted by molar-refractivity contribution is 0.0950. The Morgan fingerprint density at radius 1 is 0.964 bits per heavy atom. The molecule has 0 aliphatic rings. The lowest BCUT2D eigenvalue weighted by Crippen LogP contribution is -2.23. The van der Waals surface area contributed by atoms with E-state index in [1.165, 1.54) is 0 Å². The standard InChI is InChI=1S/C22H23N3O3/c1-25(18-7-5-4-6-8-18)19-12-17(14-23-15-19)22(26)24-13-16-9-10-20(27-2)21(11-16)28-3/h4-12,14-15H,13H2,1-3H3,(H,24,26). The van der Waals surface area contributed by atoms with Gasteiger partial charge in [0.15, 0.2) is 11.5 Å². The number of aromatic nitrogens is 1. The van der Waals surface area contributed by atoms with Crippen molar-refractivity contribution >= 4 is 17.3 Å². The number of nitrogens with one attached hydrogen (secondary N) is 1. The molecule has 2 aromatic carbocycles. The Morgan fingerprint density at radius 2 is 1.71 bits per heavy atom. The maximum absolute atomic E-state index is 12.6. The first-order valence-corrected chi connectivity index (χ1v) is 8.85. The fourth-order valence-electron chi connectivity index (χ4n) is 2.81. The van der Waals surface area contributed by atoms with E-state index in [0.29, 0.717) is 23.6 Å². The maximum Gasteiger partial charge on any atom is 0.253 e. The molecule has 6 heteroatoms. The molecule has 0 atom stereocenters. The number of nitrogens with zero attached hydrogens (tertiary/aromatic N) is 2. The Labute approximate surface area is 164 Å². The van der Waals surface area contributed by atoms with Crippen LogP contribution in [0.3, 0.4) is 0 Å². The molecule has 1 amide bonds. The van der Waals surface area contributed by atoms with Crippen molar-refractivity contribution in [3.63, 3.8) is 0 Å². The highest BCUT2D eigenvalue weighted by molar-refractivity contribution is 5.94. The molecule has 0 fully saturated rings. The minimum atomic E-state index is -0.189. The number of hydrogen-bond donors (Lipinski definition) is 1. The average molecular weight is 377 g/mol. The SMILES string of the molecule is COc1ccc(CNC(=O)c2cncc(N(C)c3ccccc3)c2)cc1OC. The molecule has 1 aromatic heterocycles.